The molecule has 0 fully saturated rings. The predicted molar refractivity (Wildman–Crippen MR) is 71.2 cm³/mol. The summed E-state index contributed by atoms with van der Waals surface area (Å²) in [7, 11) is 0. The number of benzene rings is 2. The first-order chi connectivity index (χ1) is 8.56. The second-order valence-electron chi connectivity index (χ2n) is 3.92. The Labute approximate surface area is 113 Å². The highest BCUT2D eigenvalue weighted by molar-refractivity contribution is 9.10. The van der Waals surface area contributed by atoms with Crippen molar-refractivity contribution < 1.29 is 14.2 Å². The molecule has 0 radical (unpaired) electrons. The summed E-state index contributed by atoms with van der Waals surface area (Å²) in [6, 6.07) is 11.2. The van der Waals surface area contributed by atoms with E-state index in [1.54, 1.807) is 37.3 Å². The van der Waals surface area contributed by atoms with Gasteiger partial charge in [0.25, 0.3) is 0 Å². The zero-order chi connectivity index (χ0) is 13.1. The molecule has 2 aromatic carbocycles. The lowest BCUT2D eigenvalue weighted by molar-refractivity contribution is 0.195. The van der Waals surface area contributed by atoms with Gasteiger partial charge in [-0.05, 0) is 37.3 Å². The molecule has 2 nitrogen and oxygen atoms in total. The van der Waals surface area contributed by atoms with Crippen LogP contribution < -0.4 is 4.74 Å². The molecule has 4 heteroatoms. The van der Waals surface area contributed by atoms with Crippen molar-refractivity contribution >= 4 is 15.9 Å². The normalized spacial score (nSPS) is 12.2. The fourth-order valence-electron chi connectivity index (χ4n) is 1.60. The second-order valence-corrected chi connectivity index (χ2v) is 4.83. The van der Waals surface area contributed by atoms with Crippen LogP contribution in [0.3, 0.4) is 0 Å². The zero-order valence-electron chi connectivity index (χ0n) is 9.73. The Morgan fingerprint density at radius 1 is 1.22 bits per heavy atom. The van der Waals surface area contributed by atoms with E-state index in [-0.39, 0.29) is 5.82 Å². The van der Waals surface area contributed by atoms with Crippen LogP contribution in [-0.2, 0) is 0 Å². The maximum absolute atomic E-state index is 13.1. The van der Waals surface area contributed by atoms with E-state index in [0.717, 1.165) is 4.47 Å². The van der Waals surface area contributed by atoms with Crippen molar-refractivity contribution in [2.75, 3.05) is 0 Å². The third-order valence-electron chi connectivity index (χ3n) is 2.45. The molecular weight excluding hydrogens is 299 g/mol. The van der Waals surface area contributed by atoms with Crippen LogP contribution in [-0.4, -0.2) is 5.11 Å². The molecule has 0 bridgehead atoms. The third kappa shape index (κ3) is 3.09. The van der Waals surface area contributed by atoms with Gasteiger partial charge in [0, 0.05) is 16.1 Å². The molecule has 0 spiro atoms. The molecule has 0 heterocycles. The van der Waals surface area contributed by atoms with Crippen LogP contribution in [0.2, 0.25) is 0 Å². The molecule has 0 saturated heterocycles. The van der Waals surface area contributed by atoms with Crippen LogP contribution in [0.4, 0.5) is 4.39 Å². The predicted octanol–water partition coefficient (Wildman–Crippen LogP) is 4.43. The summed E-state index contributed by atoms with van der Waals surface area (Å²) in [6.07, 6.45) is -0.661. The van der Waals surface area contributed by atoms with Crippen LogP contribution in [0.1, 0.15) is 18.6 Å². The number of hydrogen-bond acceptors (Lipinski definition) is 2. The van der Waals surface area contributed by atoms with Crippen molar-refractivity contribution in [3.63, 3.8) is 0 Å². The number of aliphatic hydroxyl groups excluding tert-OH is 1. The van der Waals surface area contributed by atoms with E-state index in [9.17, 15) is 9.50 Å². The monoisotopic (exact) mass is 310 g/mol. The summed E-state index contributed by atoms with van der Waals surface area (Å²) in [4.78, 5) is 0. The third-order valence-corrected chi connectivity index (χ3v) is 2.94. The molecule has 0 amide bonds. The summed E-state index contributed by atoms with van der Waals surface area (Å²) < 4.78 is 19.5. The van der Waals surface area contributed by atoms with Gasteiger partial charge in [0.05, 0.1) is 6.10 Å². The average molecular weight is 311 g/mol. The number of halogens is 2. The first-order valence-corrected chi connectivity index (χ1v) is 6.26. The van der Waals surface area contributed by atoms with E-state index in [1.165, 1.54) is 12.1 Å². The molecule has 0 aromatic heterocycles. The molecule has 0 aliphatic carbocycles. The summed E-state index contributed by atoms with van der Waals surface area (Å²) >= 11 is 3.33. The summed E-state index contributed by atoms with van der Waals surface area (Å²) in [5.41, 5.74) is 0.647. The lowest BCUT2D eigenvalue weighted by Crippen LogP contribution is -1.96. The average Bonchev–Trinajstić information content (AvgIpc) is 2.31. The van der Waals surface area contributed by atoms with Crippen LogP contribution in [0, 0.1) is 5.82 Å². The molecule has 1 N–H and O–H groups in total. The fourth-order valence-corrected chi connectivity index (χ4v) is 1.97. The van der Waals surface area contributed by atoms with Gasteiger partial charge in [0.1, 0.15) is 17.3 Å². The minimum atomic E-state index is -0.661. The zero-order valence-corrected chi connectivity index (χ0v) is 11.3. The molecular formula is C14H12BrFO2. The largest absolute Gasteiger partial charge is 0.457 e. The summed E-state index contributed by atoms with van der Waals surface area (Å²) in [5.74, 6) is 0.557. The molecule has 0 saturated carbocycles. The van der Waals surface area contributed by atoms with E-state index < -0.39 is 6.10 Å². The van der Waals surface area contributed by atoms with Gasteiger partial charge in [0.2, 0.25) is 0 Å². The Balaban J connectivity index is 2.34. The molecule has 1 atom stereocenters. The Morgan fingerprint density at radius 2 is 2.00 bits per heavy atom. The maximum Gasteiger partial charge on any atom is 0.133 e. The van der Waals surface area contributed by atoms with Gasteiger partial charge in [-0.25, -0.2) is 4.39 Å². The van der Waals surface area contributed by atoms with Crippen LogP contribution >= 0.6 is 15.9 Å². The first kappa shape index (κ1) is 13.1. The lowest BCUT2D eigenvalue weighted by atomic mass is 10.1. The SMILES string of the molecule is CC(O)c1cc(Br)ccc1Oc1cccc(F)c1. The first-order valence-electron chi connectivity index (χ1n) is 5.47. The molecule has 2 rings (SSSR count). The van der Waals surface area contributed by atoms with Gasteiger partial charge < -0.3 is 9.84 Å². The Kier molecular flexibility index (Phi) is 3.99. The van der Waals surface area contributed by atoms with Gasteiger partial charge in [-0.15, -0.1) is 0 Å². The highest BCUT2D eigenvalue weighted by Gasteiger charge is 2.11. The molecule has 0 aliphatic rings. The Hall–Kier alpha value is -1.39. The molecule has 0 aliphatic heterocycles. The van der Waals surface area contributed by atoms with E-state index in [2.05, 4.69) is 15.9 Å². The molecule has 94 valence electrons. The van der Waals surface area contributed by atoms with Crippen LogP contribution in [0.5, 0.6) is 11.5 Å². The smallest absolute Gasteiger partial charge is 0.133 e. The van der Waals surface area contributed by atoms with E-state index in [0.29, 0.717) is 17.1 Å². The highest BCUT2D eigenvalue weighted by atomic mass is 79.9. The van der Waals surface area contributed by atoms with E-state index in [4.69, 9.17) is 4.74 Å². The van der Waals surface area contributed by atoms with Gasteiger partial charge in [-0.2, -0.15) is 0 Å². The number of aliphatic hydroxyl groups is 1. The van der Waals surface area contributed by atoms with Gasteiger partial charge in [0.15, 0.2) is 0 Å². The van der Waals surface area contributed by atoms with Gasteiger partial charge in [-0.1, -0.05) is 22.0 Å². The van der Waals surface area contributed by atoms with Crippen LogP contribution in [0.15, 0.2) is 46.9 Å². The van der Waals surface area contributed by atoms with E-state index in [1.807, 2.05) is 0 Å². The second kappa shape index (κ2) is 5.50. The van der Waals surface area contributed by atoms with Crippen molar-refractivity contribution in [2.24, 2.45) is 0 Å². The molecule has 2 aromatic rings. The number of hydrogen-bond donors (Lipinski definition) is 1. The Morgan fingerprint density at radius 3 is 2.67 bits per heavy atom. The number of ether oxygens (including phenoxy) is 1. The van der Waals surface area contributed by atoms with Gasteiger partial charge in [-0.3, -0.25) is 0 Å². The summed E-state index contributed by atoms with van der Waals surface area (Å²) in [6.45, 7) is 1.65. The van der Waals surface area contributed by atoms with E-state index >= 15 is 0 Å². The van der Waals surface area contributed by atoms with Crippen molar-refractivity contribution in [3.05, 3.63) is 58.3 Å². The standard InChI is InChI=1S/C14H12BrFO2/c1-9(17)13-7-10(15)5-6-14(13)18-12-4-2-3-11(16)8-12/h2-9,17H,1H3. The maximum atomic E-state index is 13.1. The minimum absolute atomic E-state index is 0.358. The van der Waals surface area contributed by atoms with Crippen molar-refractivity contribution in [3.8, 4) is 11.5 Å². The lowest BCUT2D eigenvalue weighted by Gasteiger charge is -2.13. The highest BCUT2D eigenvalue weighted by Crippen LogP contribution is 2.32. The topological polar surface area (TPSA) is 29.5 Å². The van der Waals surface area contributed by atoms with Crippen LogP contribution in [0.25, 0.3) is 0 Å². The quantitative estimate of drug-likeness (QED) is 0.908. The van der Waals surface area contributed by atoms with Crippen molar-refractivity contribution in [2.45, 2.75) is 13.0 Å². The minimum Gasteiger partial charge on any atom is -0.457 e. The molecule has 1 unspecified atom stereocenters. The molecule has 18 heavy (non-hydrogen) atoms. The summed E-state index contributed by atoms with van der Waals surface area (Å²) in [5, 5.41) is 9.69. The van der Waals surface area contributed by atoms with Crippen molar-refractivity contribution in [1.82, 2.24) is 0 Å². The number of rotatable bonds is 3. The van der Waals surface area contributed by atoms with Gasteiger partial charge >= 0.3 is 0 Å². The van der Waals surface area contributed by atoms with Crippen molar-refractivity contribution in [1.29, 1.82) is 0 Å². The fraction of sp³-hybridized carbons (Fsp3) is 0.143. The Bertz CT molecular complexity index is 555.